The van der Waals surface area contributed by atoms with Crippen LogP contribution in [-0.2, 0) is 9.53 Å². The van der Waals surface area contributed by atoms with Crippen molar-refractivity contribution >= 4 is 40.6 Å². The minimum Gasteiger partial charge on any atom is -0.372 e. The molecule has 0 aliphatic carbocycles. The summed E-state index contributed by atoms with van der Waals surface area (Å²) in [6, 6.07) is 7.96. The van der Waals surface area contributed by atoms with Gasteiger partial charge in [-0.1, -0.05) is 12.1 Å². The minimum absolute atomic E-state index is 0.105. The third-order valence-electron chi connectivity index (χ3n) is 2.82. The van der Waals surface area contributed by atoms with Gasteiger partial charge in [0.25, 0.3) is 0 Å². The molecule has 0 aromatic carbocycles. The lowest BCUT2D eigenvalue weighted by Gasteiger charge is -2.16. The number of ketones is 1. The maximum Gasteiger partial charge on any atom is 0.189 e. The Balaban J connectivity index is 1.87. The lowest BCUT2D eigenvalue weighted by molar-refractivity contribution is -0.114. The second-order valence-electron chi connectivity index (χ2n) is 4.19. The van der Waals surface area contributed by atoms with E-state index < -0.39 is 0 Å². The van der Waals surface area contributed by atoms with Crippen molar-refractivity contribution in [3.05, 3.63) is 55.9 Å². The predicted octanol–water partition coefficient (Wildman–Crippen LogP) is 3.88. The van der Waals surface area contributed by atoms with E-state index >= 15 is 0 Å². The number of hydrogen-bond acceptors (Lipinski definition) is 4. The van der Waals surface area contributed by atoms with E-state index in [1.165, 1.54) is 0 Å². The molecular weight excluding hydrogens is 276 g/mol. The first-order valence-corrected chi connectivity index (χ1v) is 7.69. The van der Waals surface area contributed by atoms with Gasteiger partial charge in [-0.2, -0.15) is 0 Å². The van der Waals surface area contributed by atoms with E-state index in [2.05, 4.69) is 0 Å². The maximum atomic E-state index is 12.4. The summed E-state index contributed by atoms with van der Waals surface area (Å²) in [5.41, 5.74) is 1.47. The van der Waals surface area contributed by atoms with E-state index in [0.29, 0.717) is 13.2 Å². The molecule has 0 bridgehead atoms. The smallest absolute Gasteiger partial charge is 0.189 e. The molecule has 0 radical (unpaired) electrons. The molecule has 1 aliphatic heterocycles. The molecule has 0 unspecified atom stereocenters. The first-order valence-electron chi connectivity index (χ1n) is 5.93. The van der Waals surface area contributed by atoms with Gasteiger partial charge in [0.15, 0.2) is 5.78 Å². The van der Waals surface area contributed by atoms with E-state index in [4.69, 9.17) is 4.74 Å². The Morgan fingerprint density at radius 1 is 0.947 bits per heavy atom. The van der Waals surface area contributed by atoms with Gasteiger partial charge in [-0.3, -0.25) is 4.79 Å². The number of ether oxygens (including phenoxy) is 1. The lowest BCUT2D eigenvalue weighted by atomic mass is 10.0. The molecule has 2 aromatic rings. The SMILES string of the molecule is O=C1C(=Cc2cccs2)COCC1=Cc1cccs1. The van der Waals surface area contributed by atoms with Gasteiger partial charge in [0.1, 0.15) is 0 Å². The highest BCUT2D eigenvalue weighted by Crippen LogP contribution is 2.22. The fourth-order valence-electron chi connectivity index (χ4n) is 1.91. The summed E-state index contributed by atoms with van der Waals surface area (Å²) >= 11 is 3.25. The van der Waals surface area contributed by atoms with Crippen LogP contribution in [0.25, 0.3) is 12.2 Å². The van der Waals surface area contributed by atoms with Crippen molar-refractivity contribution < 1.29 is 9.53 Å². The van der Waals surface area contributed by atoms with Crippen LogP contribution in [0, 0.1) is 0 Å². The summed E-state index contributed by atoms with van der Waals surface area (Å²) in [5.74, 6) is 0.105. The molecule has 0 amide bonds. The molecule has 1 saturated heterocycles. The van der Waals surface area contributed by atoms with Crippen LogP contribution in [0.1, 0.15) is 9.75 Å². The van der Waals surface area contributed by atoms with Crippen molar-refractivity contribution in [3.8, 4) is 0 Å². The molecule has 96 valence electrons. The maximum absolute atomic E-state index is 12.4. The lowest BCUT2D eigenvalue weighted by Crippen LogP contribution is -2.21. The Labute approximate surface area is 119 Å². The zero-order valence-electron chi connectivity index (χ0n) is 10.2. The Morgan fingerprint density at radius 2 is 1.47 bits per heavy atom. The van der Waals surface area contributed by atoms with Crippen LogP contribution in [0.5, 0.6) is 0 Å². The van der Waals surface area contributed by atoms with Crippen LogP contribution in [-0.4, -0.2) is 19.0 Å². The monoisotopic (exact) mass is 288 g/mol. The van der Waals surface area contributed by atoms with Gasteiger partial charge in [0.2, 0.25) is 0 Å². The largest absolute Gasteiger partial charge is 0.372 e. The average molecular weight is 288 g/mol. The predicted molar refractivity (Wildman–Crippen MR) is 80.4 cm³/mol. The minimum atomic E-state index is 0.105. The highest BCUT2D eigenvalue weighted by Gasteiger charge is 2.21. The second kappa shape index (κ2) is 5.65. The molecule has 0 spiro atoms. The molecule has 0 N–H and O–H groups in total. The molecule has 2 aromatic heterocycles. The standard InChI is InChI=1S/C15H12O2S2/c16-15-11(7-13-3-1-5-18-13)9-17-10-12(15)8-14-4-2-6-19-14/h1-8H,9-10H2. The van der Waals surface area contributed by atoms with Gasteiger partial charge < -0.3 is 4.74 Å². The highest BCUT2D eigenvalue weighted by atomic mass is 32.1. The van der Waals surface area contributed by atoms with Crippen molar-refractivity contribution in [2.24, 2.45) is 0 Å². The van der Waals surface area contributed by atoms with E-state index in [-0.39, 0.29) is 5.78 Å². The fraction of sp³-hybridized carbons (Fsp3) is 0.133. The number of carbonyl (C=O) groups excluding carboxylic acids is 1. The van der Waals surface area contributed by atoms with Crippen molar-refractivity contribution in [2.45, 2.75) is 0 Å². The second-order valence-corrected chi connectivity index (χ2v) is 6.15. The number of thiophene rings is 2. The molecule has 2 nitrogen and oxygen atoms in total. The van der Waals surface area contributed by atoms with Crippen molar-refractivity contribution in [3.63, 3.8) is 0 Å². The topological polar surface area (TPSA) is 26.3 Å². The summed E-state index contributed by atoms with van der Waals surface area (Å²) in [4.78, 5) is 14.5. The Morgan fingerprint density at radius 3 is 1.89 bits per heavy atom. The Kier molecular flexibility index (Phi) is 3.73. The first-order chi connectivity index (χ1) is 9.33. The van der Waals surface area contributed by atoms with E-state index in [1.54, 1.807) is 22.7 Å². The van der Waals surface area contributed by atoms with Gasteiger partial charge >= 0.3 is 0 Å². The third-order valence-corrected chi connectivity index (χ3v) is 4.46. The zero-order chi connectivity index (χ0) is 13.1. The van der Waals surface area contributed by atoms with Crippen LogP contribution < -0.4 is 0 Å². The summed E-state index contributed by atoms with van der Waals surface area (Å²) in [7, 11) is 0. The summed E-state index contributed by atoms with van der Waals surface area (Å²) < 4.78 is 5.51. The van der Waals surface area contributed by atoms with Gasteiger partial charge in [-0.15, -0.1) is 22.7 Å². The molecule has 4 heteroatoms. The van der Waals surface area contributed by atoms with Gasteiger partial charge in [0, 0.05) is 20.9 Å². The van der Waals surface area contributed by atoms with E-state index in [1.807, 2.05) is 47.2 Å². The fourth-order valence-corrected chi connectivity index (χ4v) is 3.28. The van der Waals surface area contributed by atoms with E-state index in [9.17, 15) is 4.79 Å². The van der Waals surface area contributed by atoms with Crippen molar-refractivity contribution in [2.75, 3.05) is 13.2 Å². The van der Waals surface area contributed by atoms with Crippen LogP contribution >= 0.6 is 22.7 Å². The number of hydrogen-bond donors (Lipinski definition) is 0. The quantitative estimate of drug-likeness (QED) is 0.784. The molecule has 3 rings (SSSR count). The summed E-state index contributed by atoms with van der Waals surface area (Å²) in [6.45, 7) is 0.803. The highest BCUT2D eigenvalue weighted by molar-refractivity contribution is 7.11. The Bertz CT molecular complexity index is 565. The zero-order valence-corrected chi connectivity index (χ0v) is 11.8. The van der Waals surface area contributed by atoms with Gasteiger partial charge in [-0.05, 0) is 35.0 Å². The van der Waals surface area contributed by atoms with Crippen molar-refractivity contribution in [1.82, 2.24) is 0 Å². The molecular formula is C15H12O2S2. The van der Waals surface area contributed by atoms with Crippen LogP contribution in [0.4, 0.5) is 0 Å². The molecule has 1 aliphatic rings. The summed E-state index contributed by atoms with van der Waals surface area (Å²) in [5, 5.41) is 4.01. The molecule has 19 heavy (non-hydrogen) atoms. The number of Topliss-reactive ketones (excluding diaryl/α,β-unsaturated/α-hetero) is 1. The molecule has 3 heterocycles. The third kappa shape index (κ3) is 2.92. The molecule has 1 fully saturated rings. The average Bonchev–Trinajstić information content (AvgIpc) is 3.07. The van der Waals surface area contributed by atoms with E-state index in [0.717, 1.165) is 20.9 Å². The Hall–Kier alpha value is -1.49. The molecule has 0 saturated carbocycles. The van der Waals surface area contributed by atoms with Gasteiger partial charge in [-0.25, -0.2) is 0 Å². The number of carbonyl (C=O) groups is 1. The van der Waals surface area contributed by atoms with Crippen LogP contribution in [0.2, 0.25) is 0 Å². The number of rotatable bonds is 2. The summed E-state index contributed by atoms with van der Waals surface area (Å²) in [6.07, 6.45) is 3.85. The first kappa shape index (κ1) is 12.5. The molecule has 0 atom stereocenters. The van der Waals surface area contributed by atoms with Gasteiger partial charge in [0.05, 0.1) is 13.2 Å². The van der Waals surface area contributed by atoms with Crippen LogP contribution in [0.15, 0.2) is 46.2 Å². The van der Waals surface area contributed by atoms with Crippen LogP contribution in [0.3, 0.4) is 0 Å². The normalized spacial score (nSPS) is 20.3. The van der Waals surface area contributed by atoms with Crippen molar-refractivity contribution in [1.29, 1.82) is 0 Å².